The molecule has 1 unspecified atom stereocenters. The van der Waals surface area contributed by atoms with E-state index in [-0.39, 0.29) is 0 Å². The molecule has 0 bridgehead atoms. The van der Waals surface area contributed by atoms with E-state index < -0.39 is 11.2 Å². The fourth-order valence-electron chi connectivity index (χ4n) is 2.32. The van der Waals surface area contributed by atoms with Crippen LogP contribution in [0.4, 0.5) is 0 Å². The Labute approximate surface area is 142 Å². The normalized spacial score (nSPS) is 12.4. The van der Waals surface area contributed by atoms with Crippen molar-refractivity contribution in [2.75, 3.05) is 0 Å². The Morgan fingerprint density at radius 1 is 1.30 bits per heavy atom. The predicted molar refractivity (Wildman–Crippen MR) is 92.5 cm³/mol. The summed E-state index contributed by atoms with van der Waals surface area (Å²) in [4.78, 5) is 20.7. The van der Waals surface area contributed by atoms with Crippen molar-refractivity contribution < 1.29 is 9.90 Å². The summed E-state index contributed by atoms with van der Waals surface area (Å²) in [6.45, 7) is 3.88. The highest BCUT2D eigenvalue weighted by Crippen LogP contribution is 2.39. The number of thioether (sulfide) groups is 1. The molecule has 2 aromatic heterocycles. The molecule has 0 aliphatic rings. The zero-order valence-corrected chi connectivity index (χ0v) is 14.4. The highest BCUT2D eigenvalue weighted by molar-refractivity contribution is 8.00. The maximum atomic E-state index is 11.2. The predicted octanol–water partition coefficient (Wildman–Crippen LogP) is 3.29. The van der Waals surface area contributed by atoms with Crippen molar-refractivity contribution in [2.24, 2.45) is 0 Å². The number of thiophene rings is 1. The van der Waals surface area contributed by atoms with Crippen LogP contribution in [0.2, 0.25) is 0 Å². The quantitative estimate of drug-likeness (QED) is 0.525. The van der Waals surface area contributed by atoms with Crippen LogP contribution in [0.15, 0.2) is 41.0 Å². The van der Waals surface area contributed by atoms with E-state index in [4.69, 9.17) is 0 Å². The van der Waals surface area contributed by atoms with Crippen LogP contribution in [0, 0.1) is 6.92 Å². The van der Waals surface area contributed by atoms with E-state index in [2.05, 4.69) is 34.2 Å². The maximum Gasteiger partial charge on any atom is 0.128 e. The topological polar surface area (TPSA) is 65.9 Å². The number of carboxylic acid groups (broad SMARTS) is 1. The molecule has 0 aliphatic carbocycles. The minimum Gasteiger partial charge on any atom is -0.549 e. The van der Waals surface area contributed by atoms with Gasteiger partial charge in [-0.3, -0.25) is 0 Å². The molecule has 0 N–H and O–H groups in total. The zero-order chi connectivity index (χ0) is 16.4. The molecule has 0 aliphatic heterocycles. The summed E-state index contributed by atoms with van der Waals surface area (Å²) in [6.07, 6.45) is 1.98. The van der Waals surface area contributed by atoms with Crippen LogP contribution >= 0.6 is 23.1 Å². The van der Waals surface area contributed by atoms with Gasteiger partial charge in [0.25, 0.3) is 0 Å². The standard InChI is InChI=1S/C17H16N2O2S2/c1-3-13(17(20)21)23-16-14-12(8-22-15(14)18-9-19-16)11-6-4-10(2)5-7-11/h4-9,13H,3H2,1-2H3,(H,20,21)/p-1. The molecule has 0 saturated carbocycles. The number of carbonyl (C=O) groups is 1. The van der Waals surface area contributed by atoms with Crippen LogP contribution in [0.5, 0.6) is 0 Å². The van der Waals surface area contributed by atoms with Crippen molar-refractivity contribution in [1.29, 1.82) is 0 Å². The number of aliphatic carboxylic acids is 1. The molecular formula is C17H15N2O2S2-. The molecule has 0 amide bonds. The number of benzene rings is 1. The van der Waals surface area contributed by atoms with Crippen LogP contribution in [-0.4, -0.2) is 21.2 Å². The number of fused-ring (bicyclic) bond motifs is 1. The third-order valence-corrected chi connectivity index (χ3v) is 5.82. The summed E-state index contributed by atoms with van der Waals surface area (Å²) in [6, 6.07) is 8.25. The van der Waals surface area contributed by atoms with Gasteiger partial charge in [-0.1, -0.05) is 48.5 Å². The van der Waals surface area contributed by atoms with E-state index in [9.17, 15) is 9.90 Å². The highest BCUT2D eigenvalue weighted by atomic mass is 32.2. The smallest absolute Gasteiger partial charge is 0.128 e. The summed E-state index contributed by atoms with van der Waals surface area (Å²) in [5.41, 5.74) is 3.32. The first-order valence-electron chi connectivity index (χ1n) is 7.27. The molecule has 4 nitrogen and oxygen atoms in total. The SMILES string of the molecule is CCC(Sc1ncnc2scc(-c3ccc(C)cc3)c12)C(=O)[O-]. The first kappa shape index (κ1) is 16.0. The molecule has 23 heavy (non-hydrogen) atoms. The Morgan fingerprint density at radius 3 is 2.70 bits per heavy atom. The number of carboxylic acids is 1. The molecular weight excluding hydrogens is 328 g/mol. The molecule has 0 saturated heterocycles. The average Bonchev–Trinajstić information content (AvgIpc) is 2.98. The lowest BCUT2D eigenvalue weighted by Crippen LogP contribution is -2.33. The second-order valence-corrected chi connectivity index (χ2v) is 7.26. The maximum absolute atomic E-state index is 11.2. The van der Waals surface area contributed by atoms with E-state index in [1.54, 1.807) is 11.3 Å². The molecule has 118 valence electrons. The van der Waals surface area contributed by atoms with Crippen molar-refractivity contribution in [3.05, 3.63) is 41.5 Å². The van der Waals surface area contributed by atoms with Gasteiger partial charge in [0.15, 0.2) is 0 Å². The largest absolute Gasteiger partial charge is 0.549 e. The van der Waals surface area contributed by atoms with Crippen molar-refractivity contribution in [3.63, 3.8) is 0 Å². The fraction of sp³-hybridized carbons (Fsp3) is 0.235. The summed E-state index contributed by atoms with van der Waals surface area (Å²) in [5.74, 6) is -1.06. The van der Waals surface area contributed by atoms with Gasteiger partial charge in [-0.2, -0.15) is 0 Å². The van der Waals surface area contributed by atoms with E-state index in [1.807, 2.05) is 19.2 Å². The van der Waals surface area contributed by atoms with Crippen molar-refractivity contribution in [1.82, 2.24) is 9.97 Å². The fourth-order valence-corrected chi connectivity index (χ4v) is 4.26. The van der Waals surface area contributed by atoms with Gasteiger partial charge in [-0.05, 0) is 18.9 Å². The van der Waals surface area contributed by atoms with Crippen LogP contribution in [0.25, 0.3) is 21.3 Å². The lowest BCUT2D eigenvalue weighted by Gasteiger charge is -2.15. The molecule has 0 fully saturated rings. The van der Waals surface area contributed by atoms with Gasteiger partial charge in [-0.15, -0.1) is 11.3 Å². The van der Waals surface area contributed by atoms with Gasteiger partial charge in [-0.25, -0.2) is 9.97 Å². The van der Waals surface area contributed by atoms with E-state index in [0.717, 1.165) is 21.3 Å². The van der Waals surface area contributed by atoms with Gasteiger partial charge < -0.3 is 9.90 Å². The Morgan fingerprint density at radius 2 is 2.04 bits per heavy atom. The number of hydrogen-bond acceptors (Lipinski definition) is 6. The minimum absolute atomic E-state index is 0.489. The van der Waals surface area contributed by atoms with Crippen LogP contribution in [-0.2, 0) is 4.79 Å². The van der Waals surface area contributed by atoms with Crippen LogP contribution < -0.4 is 5.11 Å². The van der Waals surface area contributed by atoms with Crippen molar-refractivity contribution in [3.8, 4) is 11.1 Å². The Kier molecular flexibility index (Phi) is 4.63. The average molecular weight is 343 g/mol. The van der Waals surface area contributed by atoms with Crippen LogP contribution in [0.3, 0.4) is 0 Å². The summed E-state index contributed by atoms with van der Waals surface area (Å²) in [7, 11) is 0. The molecule has 2 heterocycles. The summed E-state index contributed by atoms with van der Waals surface area (Å²) in [5, 5.41) is 14.3. The van der Waals surface area contributed by atoms with Gasteiger partial charge in [0.1, 0.15) is 16.2 Å². The monoisotopic (exact) mass is 343 g/mol. The highest BCUT2D eigenvalue weighted by Gasteiger charge is 2.17. The molecule has 6 heteroatoms. The number of aromatic nitrogens is 2. The number of aryl methyl sites for hydroxylation is 1. The van der Waals surface area contributed by atoms with Gasteiger partial charge >= 0.3 is 0 Å². The van der Waals surface area contributed by atoms with E-state index in [1.165, 1.54) is 23.7 Å². The number of rotatable bonds is 5. The van der Waals surface area contributed by atoms with Crippen LogP contribution in [0.1, 0.15) is 18.9 Å². The molecule has 3 aromatic rings. The second kappa shape index (κ2) is 6.68. The Hall–Kier alpha value is -1.92. The Balaban J connectivity index is 2.10. The molecule has 0 radical (unpaired) electrons. The van der Waals surface area contributed by atoms with E-state index in [0.29, 0.717) is 11.4 Å². The lowest BCUT2D eigenvalue weighted by molar-refractivity contribution is -0.304. The number of nitrogens with zero attached hydrogens (tertiary/aromatic N) is 2. The first-order valence-corrected chi connectivity index (χ1v) is 9.02. The van der Waals surface area contributed by atoms with Gasteiger partial charge in [0, 0.05) is 10.9 Å². The minimum atomic E-state index is -1.06. The molecule has 0 spiro atoms. The van der Waals surface area contributed by atoms with Crippen molar-refractivity contribution >= 4 is 39.3 Å². The van der Waals surface area contributed by atoms with Gasteiger partial charge in [0.05, 0.1) is 16.6 Å². The second-order valence-electron chi connectivity index (χ2n) is 5.21. The third kappa shape index (κ3) is 3.23. The molecule has 3 rings (SSSR count). The molecule has 1 aromatic carbocycles. The summed E-state index contributed by atoms with van der Waals surface area (Å²) >= 11 is 2.78. The van der Waals surface area contributed by atoms with Crippen molar-refractivity contribution in [2.45, 2.75) is 30.5 Å². The molecule has 1 atom stereocenters. The van der Waals surface area contributed by atoms with Gasteiger partial charge in [0.2, 0.25) is 0 Å². The first-order chi connectivity index (χ1) is 11.1. The van der Waals surface area contributed by atoms with E-state index >= 15 is 0 Å². The summed E-state index contributed by atoms with van der Waals surface area (Å²) < 4.78 is 0. The lowest BCUT2D eigenvalue weighted by atomic mass is 10.1. The zero-order valence-electron chi connectivity index (χ0n) is 12.8. The number of carbonyl (C=O) groups excluding carboxylic acids is 1. The Bertz CT molecular complexity index is 843. The third-order valence-electron chi connectivity index (χ3n) is 3.59. The number of hydrogen-bond donors (Lipinski definition) is 0.